The van der Waals surface area contributed by atoms with Gasteiger partial charge in [0.2, 0.25) is 17.7 Å². The van der Waals surface area contributed by atoms with Crippen LogP contribution in [-0.2, 0) is 14.4 Å². The van der Waals surface area contributed by atoms with Crippen molar-refractivity contribution in [1.29, 1.82) is 0 Å². The van der Waals surface area contributed by atoms with Crippen molar-refractivity contribution in [3.63, 3.8) is 0 Å². The van der Waals surface area contributed by atoms with E-state index < -0.39 is 5.54 Å². The maximum atomic E-state index is 11.9. The molecule has 0 aliphatic carbocycles. The van der Waals surface area contributed by atoms with Gasteiger partial charge < -0.3 is 15.5 Å². The summed E-state index contributed by atoms with van der Waals surface area (Å²) in [6, 6.07) is 0. The highest BCUT2D eigenvalue weighted by atomic mass is 16.2. The molecule has 0 spiro atoms. The average molecular weight is 283 g/mol. The second kappa shape index (κ2) is 7.26. The molecule has 0 saturated carbocycles. The second-order valence-corrected chi connectivity index (χ2v) is 5.87. The summed E-state index contributed by atoms with van der Waals surface area (Å²) in [6.45, 7) is 4.83. The monoisotopic (exact) mass is 283 g/mol. The molecular weight excluding hydrogens is 258 g/mol. The predicted octanol–water partition coefficient (Wildman–Crippen LogP) is 0.420. The van der Waals surface area contributed by atoms with Crippen molar-refractivity contribution in [2.75, 3.05) is 20.1 Å². The molecule has 0 radical (unpaired) electrons. The van der Waals surface area contributed by atoms with Crippen molar-refractivity contribution in [2.45, 2.75) is 51.5 Å². The van der Waals surface area contributed by atoms with Gasteiger partial charge in [0.05, 0.1) is 0 Å². The third-order valence-corrected chi connectivity index (χ3v) is 3.39. The van der Waals surface area contributed by atoms with E-state index in [0.717, 1.165) is 19.4 Å². The predicted molar refractivity (Wildman–Crippen MR) is 76.0 cm³/mol. The quantitative estimate of drug-likeness (QED) is 0.741. The Hall–Kier alpha value is -1.59. The van der Waals surface area contributed by atoms with E-state index >= 15 is 0 Å². The normalized spacial score (nSPS) is 15.9. The molecule has 2 N–H and O–H groups in total. The summed E-state index contributed by atoms with van der Waals surface area (Å²) in [6.07, 6.45) is 3.06. The Morgan fingerprint density at radius 1 is 1.25 bits per heavy atom. The molecule has 1 aliphatic rings. The number of rotatable bonds is 6. The topological polar surface area (TPSA) is 78.5 Å². The number of nitrogens with one attached hydrogen (secondary N) is 2. The highest BCUT2D eigenvalue weighted by Crippen LogP contribution is 2.12. The van der Waals surface area contributed by atoms with Crippen LogP contribution in [0.25, 0.3) is 0 Å². The lowest BCUT2D eigenvalue weighted by molar-refractivity contribution is -0.134. The number of carbonyl (C=O) groups excluding carboxylic acids is 3. The van der Waals surface area contributed by atoms with Crippen LogP contribution in [0.4, 0.5) is 0 Å². The van der Waals surface area contributed by atoms with Crippen molar-refractivity contribution < 1.29 is 14.4 Å². The van der Waals surface area contributed by atoms with Gasteiger partial charge in [0.1, 0.15) is 0 Å². The minimum atomic E-state index is -0.580. The maximum Gasteiger partial charge on any atom is 0.222 e. The van der Waals surface area contributed by atoms with E-state index in [4.69, 9.17) is 0 Å². The zero-order valence-corrected chi connectivity index (χ0v) is 12.6. The Bertz CT molecular complexity index is 380. The number of nitrogens with zero attached hydrogens (tertiary/aromatic N) is 1. The maximum absolute atomic E-state index is 11.9. The Kier molecular flexibility index (Phi) is 5.98. The fourth-order valence-electron chi connectivity index (χ4n) is 2.31. The van der Waals surface area contributed by atoms with E-state index in [1.165, 1.54) is 0 Å². The van der Waals surface area contributed by atoms with Gasteiger partial charge in [-0.25, -0.2) is 0 Å². The summed E-state index contributed by atoms with van der Waals surface area (Å²) in [5.74, 6) is -0.104. The smallest absolute Gasteiger partial charge is 0.222 e. The molecule has 3 amide bonds. The molecule has 0 bridgehead atoms. The molecule has 0 aromatic carbocycles. The summed E-state index contributed by atoms with van der Waals surface area (Å²) in [4.78, 5) is 36.6. The van der Waals surface area contributed by atoms with Crippen LogP contribution in [0, 0.1) is 0 Å². The van der Waals surface area contributed by atoms with Crippen molar-refractivity contribution in [3.8, 4) is 0 Å². The number of hydrogen-bond acceptors (Lipinski definition) is 3. The van der Waals surface area contributed by atoms with Crippen LogP contribution in [0.15, 0.2) is 0 Å². The van der Waals surface area contributed by atoms with E-state index in [1.54, 1.807) is 11.9 Å². The van der Waals surface area contributed by atoms with E-state index in [-0.39, 0.29) is 30.6 Å². The molecule has 114 valence electrons. The van der Waals surface area contributed by atoms with Crippen LogP contribution in [0.5, 0.6) is 0 Å². The molecule has 1 rings (SSSR count). The van der Waals surface area contributed by atoms with Gasteiger partial charge in [-0.2, -0.15) is 0 Å². The van der Waals surface area contributed by atoms with Crippen molar-refractivity contribution in [1.82, 2.24) is 15.5 Å². The molecule has 1 aliphatic heterocycles. The third-order valence-electron chi connectivity index (χ3n) is 3.39. The Balaban J connectivity index is 2.35. The van der Waals surface area contributed by atoms with E-state index in [0.29, 0.717) is 13.0 Å². The lowest BCUT2D eigenvalue weighted by Gasteiger charge is -2.28. The van der Waals surface area contributed by atoms with Gasteiger partial charge in [-0.3, -0.25) is 14.4 Å². The van der Waals surface area contributed by atoms with Crippen molar-refractivity contribution in [2.24, 2.45) is 0 Å². The molecule has 20 heavy (non-hydrogen) atoms. The Labute approximate surface area is 120 Å². The van der Waals surface area contributed by atoms with Gasteiger partial charge >= 0.3 is 0 Å². The van der Waals surface area contributed by atoms with Crippen LogP contribution < -0.4 is 10.6 Å². The highest BCUT2D eigenvalue weighted by Gasteiger charge is 2.24. The molecule has 0 aromatic rings. The molecule has 1 heterocycles. The lowest BCUT2D eigenvalue weighted by Crippen LogP contribution is -2.47. The van der Waals surface area contributed by atoms with Gasteiger partial charge in [-0.05, 0) is 26.7 Å². The van der Waals surface area contributed by atoms with E-state index in [9.17, 15) is 14.4 Å². The Morgan fingerprint density at radius 3 is 2.55 bits per heavy atom. The lowest BCUT2D eigenvalue weighted by atomic mass is 10.00. The fraction of sp³-hybridized carbons (Fsp3) is 0.786. The first kappa shape index (κ1) is 16.5. The first-order chi connectivity index (χ1) is 9.34. The minimum absolute atomic E-state index is 0.110. The second-order valence-electron chi connectivity index (χ2n) is 5.87. The van der Waals surface area contributed by atoms with Gasteiger partial charge in [-0.1, -0.05) is 0 Å². The summed E-state index contributed by atoms with van der Waals surface area (Å²) in [7, 11) is 1.57. The number of piperidine rings is 1. The minimum Gasteiger partial charge on any atom is -0.359 e. The molecule has 0 atom stereocenters. The molecule has 1 saturated heterocycles. The van der Waals surface area contributed by atoms with Gasteiger partial charge in [0.15, 0.2) is 0 Å². The molecule has 6 heteroatoms. The standard InChI is InChI=1S/C14H25N3O3/c1-14(2,10-12(19)15-3)16-11(18)7-9-17-8-5-4-6-13(17)20/h4-10H2,1-3H3,(H,15,19)(H,16,18). The average Bonchev–Trinajstić information content (AvgIpc) is 2.36. The van der Waals surface area contributed by atoms with E-state index in [1.807, 2.05) is 13.8 Å². The molecule has 0 unspecified atom stereocenters. The first-order valence-electron chi connectivity index (χ1n) is 7.13. The number of amides is 3. The highest BCUT2D eigenvalue weighted by molar-refractivity contribution is 5.81. The SMILES string of the molecule is CNC(=O)CC(C)(C)NC(=O)CCN1CCCCC1=O. The summed E-state index contributed by atoms with van der Waals surface area (Å²) in [5, 5.41) is 5.38. The summed E-state index contributed by atoms with van der Waals surface area (Å²) in [5.41, 5.74) is -0.580. The molecule has 6 nitrogen and oxygen atoms in total. The van der Waals surface area contributed by atoms with Crippen LogP contribution in [0.3, 0.4) is 0 Å². The van der Waals surface area contributed by atoms with Crippen molar-refractivity contribution in [3.05, 3.63) is 0 Å². The van der Waals surface area contributed by atoms with E-state index in [2.05, 4.69) is 10.6 Å². The first-order valence-corrected chi connectivity index (χ1v) is 7.13. The zero-order chi connectivity index (χ0) is 15.2. The van der Waals surface area contributed by atoms with Crippen LogP contribution in [-0.4, -0.2) is 48.3 Å². The van der Waals surface area contributed by atoms with Crippen molar-refractivity contribution >= 4 is 17.7 Å². The van der Waals surface area contributed by atoms with Gasteiger partial charge in [0.25, 0.3) is 0 Å². The fourth-order valence-corrected chi connectivity index (χ4v) is 2.31. The molecular formula is C14H25N3O3. The number of carbonyl (C=O) groups is 3. The Morgan fingerprint density at radius 2 is 1.95 bits per heavy atom. The number of hydrogen-bond donors (Lipinski definition) is 2. The summed E-state index contributed by atoms with van der Waals surface area (Å²) < 4.78 is 0. The number of likely N-dealkylation sites (tertiary alicyclic amines) is 1. The van der Waals surface area contributed by atoms with Gasteiger partial charge in [-0.15, -0.1) is 0 Å². The molecule has 0 aromatic heterocycles. The van der Waals surface area contributed by atoms with Crippen LogP contribution in [0.2, 0.25) is 0 Å². The van der Waals surface area contributed by atoms with Crippen LogP contribution in [0.1, 0.15) is 46.0 Å². The van der Waals surface area contributed by atoms with Gasteiger partial charge in [0, 0.05) is 44.9 Å². The third kappa shape index (κ3) is 5.59. The van der Waals surface area contributed by atoms with Crippen LogP contribution >= 0.6 is 0 Å². The molecule has 1 fully saturated rings. The zero-order valence-electron chi connectivity index (χ0n) is 12.6. The summed E-state index contributed by atoms with van der Waals surface area (Å²) >= 11 is 0. The largest absolute Gasteiger partial charge is 0.359 e.